The first-order chi connectivity index (χ1) is 13.5. The average molecular weight is 438 g/mol. The van der Waals surface area contributed by atoms with Gasteiger partial charge in [-0.1, -0.05) is 41.0 Å². The average Bonchev–Trinajstić information content (AvgIpc) is 3.11. The van der Waals surface area contributed by atoms with Gasteiger partial charge in [-0.25, -0.2) is 0 Å². The van der Waals surface area contributed by atoms with E-state index < -0.39 is 0 Å². The molecule has 3 aromatic rings. The molecule has 0 radical (unpaired) electrons. The van der Waals surface area contributed by atoms with Crippen LogP contribution in [0.2, 0.25) is 10.0 Å². The molecule has 1 unspecified atom stereocenters. The molecule has 0 aliphatic rings. The third-order valence-electron chi connectivity index (χ3n) is 4.20. The van der Waals surface area contributed by atoms with Gasteiger partial charge in [-0.05, 0) is 55.8 Å². The minimum absolute atomic E-state index is 0.251. The molecule has 0 fully saturated rings. The van der Waals surface area contributed by atoms with Gasteiger partial charge in [-0.2, -0.15) is 0 Å². The topological polar surface area (TPSA) is 49.2 Å². The van der Waals surface area contributed by atoms with Crippen molar-refractivity contribution in [2.24, 2.45) is 0 Å². The Hall–Kier alpha value is -1.89. The van der Waals surface area contributed by atoms with Crippen molar-refractivity contribution in [2.75, 3.05) is 7.11 Å². The molecule has 0 aliphatic heterocycles. The summed E-state index contributed by atoms with van der Waals surface area (Å²) in [7, 11) is 1.64. The lowest BCUT2D eigenvalue weighted by Crippen LogP contribution is -2.12. The van der Waals surface area contributed by atoms with Crippen LogP contribution in [0.15, 0.2) is 47.6 Å². The summed E-state index contributed by atoms with van der Waals surface area (Å²) in [5, 5.41) is 10.8. The van der Waals surface area contributed by atoms with Crippen molar-refractivity contribution in [3.63, 3.8) is 0 Å². The predicted molar refractivity (Wildman–Crippen MR) is 114 cm³/mol. The number of rotatable bonds is 8. The van der Waals surface area contributed by atoms with Gasteiger partial charge in [-0.3, -0.25) is 0 Å². The van der Waals surface area contributed by atoms with E-state index >= 15 is 0 Å². The first-order valence-electron chi connectivity index (χ1n) is 8.83. The second kappa shape index (κ2) is 9.54. The molecule has 0 N–H and O–H groups in total. The van der Waals surface area contributed by atoms with Crippen molar-refractivity contribution in [1.29, 1.82) is 0 Å². The van der Waals surface area contributed by atoms with Crippen LogP contribution in [0.1, 0.15) is 31.3 Å². The highest BCUT2D eigenvalue weighted by Gasteiger charge is 2.19. The van der Waals surface area contributed by atoms with Crippen molar-refractivity contribution in [3.8, 4) is 11.5 Å². The minimum Gasteiger partial charge on any atom is -0.497 e. The van der Waals surface area contributed by atoms with Crippen LogP contribution in [0, 0.1) is 0 Å². The second-order valence-electron chi connectivity index (χ2n) is 6.01. The van der Waals surface area contributed by atoms with Crippen LogP contribution in [0.4, 0.5) is 0 Å². The van der Waals surface area contributed by atoms with Gasteiger partial charge < -0.3 is 14.0 Å². The van der Waals surface area contributed by atoms with E-state index in [1.807, 2.05) is 54.0 Å². The normalized spacial score (nSPS) is 12.0. The molecule has 0 amide bonds. The first kappa shape index (κ1) is 20.8. The Kier molecular flexibility index (Phi) is 7.10. The fourth-order valence-corrected chi connectivity index (χ4v) is 4.47. The standard InChI is InChI=1S/C20H21Cl2N3O2S/c1-4-25-19(13(2)27-15-10-8-14(26-3)9-11-15)23-24-20(25)28-12-16-17(21)6-5-7-18(16)22/h5-11,13H,4,12H2,1-3H3. The summed E-state index contributed by atoms with van der Waals surface area (Å²) in [6.07, 6.45) is -0.251. The van der Waals surface area contributed by atoms with E-state index in [9.17, 15) is 0 Å². The van der Waals surface area contributed by atoms with Crippen molar-refractivity contribution >= 4 is 35.0 Å². The summed E-state index contributed by atoms with van der Waals surface area (Å²) in [6, 6.07) is 13.0. The van der Waals surface area contributed by atoms with Gasteiger partial charge in [0.1, 0.15) is 11.5 Å². The van der Waals surface area contributed by atoms with Crippen molar-refractivity contribution in [2.45, 2.75) is 37.4 Å². The molecule has 0 saturated carbocycles. The number of methoxy groups -OCH3 is 1. The van der Waals surface area contributed by atoms with E-state index in [4.69, 9.17) is 32.7 Å². The zero-order valence-electron chi connectivity index (χ0n) is 15.9. The summed E-state index contributed by atoms with van der Waals surface area (Å²) in [5.41, 5.74) is 0.894. The third-order valence-corrected chi connectivity index (χ3v) is 5.91. The van der Waals surface area contributed by atoms with E-state index in [1.54, 1.807) is 18.9 Å². The SMILES string of the molecule is CCn1c(SCc2c(Cl)cccc2Cl)nnc1C(C)Oc1ccc(OC)cc1. The molecule has 2 aromatic carbocycles. The van der Waals surface area contributed by atoms with Gasteiger partial charge in [0.25, 0.3) is 0 Å². The van der Waals surface area contributed by atoms with Crippen LogP contribution in [0.3, 0.4) is 0 Å². The molecule has 1 aromatic heterocycles. The van der Waals surface area contributed by atoms with Crippen LogP contribution in [0.5, 0.6) is 11.5 Å². The molecular formula is C20H21Cl2N3O2S. The lowest BCUT2D eigenvalue weighted by atomic mass is 10.2. The van der Waals surface area contributed by atoms with Gasteiger partial charge in [0.2, 0.25) is 0 Å². The van der Waals surface area contributed by atoms with Crippen molar-refractivity contribution in [3.05, 3.63) is 63.9 Å². The number of halogens is 2. The van der Waals surface area contributed by atoms with Gasteiger partial charge in [0, 0.05) is 22.3 Å². The molecule has 0 bridgehead atoms. The molecule has 1 heterocycles. The number of hydrogen-bond acceptors (Lipinski definition) is 5. The van der Waals surface area contributed by atoms with Crippen LogP contribution < -0.4 is 9.47 Å². The zero-order valence-corrected chi connectivity index (χ0v) is 18.2. The summed E-state index contributed by atoms with van der Waals surface area (Å²) < 4.78 is 13.2. The molecule has 0 saturated heterocycles. The highest BCUT2D eigenvalue weighted by molar-refractivity contribution is 7.98. The Balaban J connectivity index is 1.73. The third kappa shape index (κ3) is 4.74. The van der Waals surface area contributed by atoms with Crippen LogP contribution >= 0.6 is 35.0 Å². The van der Waals surface area contributed by atoms with Gasteiger partial charge >= 0.3 is 0 Å². The molecule has 3 rings (SSSR count). The lowest BCUT2D eigenvalue weighted by Gasteiger charge is -2.16. The van der Waals surface area contributed by atoms with Crippen LogP contribution in [0.25, 0.3) is 0 Å². The smallest absolute Gasteiger partial charge is 0.191 e. The fraction of sp³-hybridized carbons (Fsp3) is 0.300. The quantitative estimate of drug-likeness (QED) is 0.401. The molecular weight excluding hydrogens is 417 g/mol. The number of benzene rings is 2. The summed E-state index contributed by atoms with van der Waals surface area (Å²) >= 11 is 14.1. The first-order valence-corrected chi connectivity index (χ1v) is 10.6. The fourth-order valence-electron chi connectivity index (χ4n) is 2.72. The number of thioether (sulfide) groups is 1. The second-order valence-corrected chi connectivity index (χ2v) is 7.77. The van der Waals surface area contributed by atoms with Crippen LogP contribution in [-0.2, 0) is 12.3 Å². The van der Waals surface area contributed by atoms with E-state index in [-0.39, 0.29) is 6.10 Å². The summed E-state index contributed by atoms with van der Waals surface area (Å²) in [4.78, 5) is 0. The summed E-state index contributed by atoms with van der Waals surface area (Å²) in [6.45, 7) is 4.75. The van der Waals surface area contributed by atoms with E-state index in [0.29, 0.717) is 15.8 Å². The maximum atomic E-state index is 6.27. The van der Waals surface area contributed by atoms with Crippen molar-refractivity contribution < 1.29 is 9.47 Å². The van der Waals surface area contributed by atoms with Crippen LogP contribution in [-0.4, -0.2) is 21.9 Å². The largest absolute Gasteiger partial charge is 0.497 e. The lowest BCUT2D eigenvalue weighted by molar-refractivity contribution is 0.209. The minimum atomic E-state index is -0.251. The molecule has 28 heavy (non-hydrogen) atoms. The zero-order chi connectivity index (χ0) is 20.1. The monoisotopic (exact) mass is 437 g/mol. The Bertz CT molecular complexity index is 911. The Morgan fingerprint density at radius 3 is 2.29 bits per heavy atom. The number of hydrogen-bond donors (Lipinski definition) is 0. The molecule has 5 nitrogen and oxygen atoms in total. The predicted octanol–water partition coefficient (Wildman–Crippen LogP) is 6.05. The van der Waals surface area contributed by atoms with Gasteiger partial charge in [0.05, 0.1) is 7.11 Å². The van der Waals surface area contributed by atoms with Gasteiger partial charge in [-0.15, -0.1) is 10.2 Å². The highest BCUT2D eigenvalue weighted by Crippen LogP contribution is 2.32. The number of nitrogens with zero attached hydrogens (tertiary/aromatic N) is 3. The Labute approximate surface area is 179 Å². The molecule has 8 heteroatoms. The molecule has 148 valence electrons. The van der Waals surface area contributed by atoms with Gasteiger partial charge in [0.15, 0.2) is 17.1 Å². The number of aromatic nitrogens is 3. The highest BCUT2D eigenvalue weighted by atomic mass is 35.5. The molecule has 0 spiro atoms. The van der Waals surface area contributed by atoms with Crippen molar-refractivity contribution in [1.82, 2.24) is 14.8 Å². The summed E-state index contributed by atoms with van der Waals surface area (Å²) in [5.74, 6) is 2.92. The maximum absolute atomic E-state index is 6.27. The molecule has 0 aliphatic carbocycles. The van der Waals surface area contributed by atoms with E-state index in [1.165, 1.54) is 0 Å². The Morgan fingerprint density at radius 2 is 1.68 bits per heavy atom. The number of ether oxygens (including phenoxy) is 2. The van der Waals surface area contributed by atoms with E-state index in [0.717, 1.165) is 34.6 Å². The maximum Gasteiger partial charge on any atom is 0.191 e. The van der Waals surface area contributed by atoms with E-state index in [2.05, 4.69) is 17.1 Å². The molecule has 1 atom stereocenters. The Morgan fingerprint density at radius 1 is 1.04 bits per heavy atom.